The number of para-hydroxylation sites is 1. The Bertz CT molecular complexity index is 1260. The monoisotopic (exact) mass is 438 g/mol. The van der Waals surface area contributed by atoms with Gasteiger partial charge >= 0.3 is 0 Å². The van der Waals surface area contributed by atoms with Crippen molar-refractivity contribution in [2.75, 3.05) is 13.1 Å². The van der Waals surface area contributed by atoms with Crippen LogP contribution in [-0.2, 0) is 11.3 Å². The second-order valence-corrected chi connectivity index (χ2v) is 8.32. The first-order valence-corrected chi connectivity index (χ1v) is 11.8. The first-order chi connectivity index (χ1) is 16.3. The number of rotatable bonds is 10. The molecular weight excluding hydrogens is 406 g/mol. The second-order valence-electron chi connectivity index (χ2n) is 8.32. The molecule has 0 radical (unpaired) electrons. The van der Waals surface area contributed by atoms with Gasteiger partial charge < -0.3 is 11.1 Å². The molecule has 1 aromatic heterocycles. The minimum Gasteiger partial charge on any atom is -0.355 e. The van der Waals surface area contributed by atoms with Gasteiger partial charge in [-0.05, 0) is 47.4 Å². The molecule has 0 bridgehead atoms. The minimum atomic E-state index is 0.0944. The standard InChI is InChI=1S/C29H31N3O/c30-20-21-31-29(33)15-2-1-7-22-32-26(19-17-25-10-4-6-14-28(25)32)18-16-24-12-8-11-23-9-3-5-13-27(23)24/h3-6,8-14,16-19H,1-2,7,15,20-22,30H2/p+1/b18-16+. The zero-order valence-corrected chi connectivity index (χ0v) is 19.0. The molecule has 0 aliphatic carbocycles. The number of aryl methyl sites for hydroxylation is 1. The van der Waals surface area contributed by atoms with E-state index in [0.29, 0.717) is 19.5 Å². The predicted molar refractivity (Wildman–Crippen MR) is 138 cm³/mol. The number of aromatic nitrogens is 1. The Morgan fingerprint density at radius 3 is 2.48 bits per heavy atom. The van der Waals surface area contributed by atoms with Crippen molar-refractivity contribution in [2.45, 2.75) is 32.2 Å². The highest BCUT2D eigenvalue weighted by molar-refractivity contribution is 5.92. The van der Waals surface area contributed by atoms with Crippen LogP contribution in [0.2, 0.25) is 0 Å². The summed E-state index contributed by atoms with van der Waals surface area (Å²) in [5.41, 5.74) is 9.08. The van der Waals surface area contributed by atoms with Crippen molar-refractivity contribution < 1.29 is 9.36 Å². The fraction of sp³-hybridized carbons (Fsp3) is 0.241. The number of benzene rings is 3. The van der Waals surface area contributed by atoms with Gasteiger partial charge in [0.25, 0.3) is 0 Å². The molecule has 3 aromatic carbocycles. The van der Waals surface area contributed by atoms with E-state index in [2.05, 4.69) is 101 Å². The first kappa shape index (κ1) is 22.7. The molecular formula is C29H32N3O+. The largest absolute Gasteiger partial charge is 0.355 e. The van der Waals surface area contributed by atoms with Crippen LogP contribution in [0.1, 0.15) is 36.9 Å². The summed E-state index contributed by atoms with van der Waals surface area (Å²) in [5, 5.41) is 6.59. The van der Waals surface area contributed by atoms with E-state index in [1.165, 1.54) is 32.9 Å². The molecule has 4 rings (SSSR count). The Kier molecular flexibility index (Phi) is 7.83. The lowest BCUT2D eigenvalue weighted by Crippen LogP contribution is -2.38. The normalized spacial score (nSPS) is 11.4. The molecule has 0 aliphatic heterocycles. The van der Waals surface area contributed by atoms with Crippen molar-refractivity contribution >= 4 is 39.7 Å². The van der Waals surface area contributed by atoms with Gasteiger partial charge in [-0.1, -0.05) is 54.6 Å². The average Bonchev–Trinajstić information content (AvgIpc) is 2.86. The maximum absolute atomic E-state index is 11.8. The Labute approximate surface area is 195 Å². The Hall–Kier alpha value is -3.50. The fourth-order valence-corrected chi connectivity index (χ4v) is 4.28. The van der Waals surface area contributed by atoms with Crippen LogP contribution in [0.3, 0.4) is 0 Å². The molecule has 0 saturated carbocycles. The van der Waals surface area contributed by atoms with Gasteiger partial charge in [0, 0.05) is 49.5 Å². The third-order valence-corrected chi connectivity index (χ3v) is 5.98. The summed E-state index contributed by atoms with van der Waals surface area (Å²) in [6, 6.07) is 27.8. The highest BCUT2D eigenvalue weighted by Gasteiger charge is 2.13. The molecule has 3 N–H and O–H groups in total. The summed E-state index contributed by atoms with van der Waals surface area (Å²) in [7, 11) is 0. The molecule has 4 aromatic rings. The molecule has 0 atom stereocenters. The lowest BCUT2D eigenvalue weighted by Gasteiger charge is -2.07. The Morgan fingerprint density at radius 2 is 1.61 bits per heavy atom. The molecule has 0 spiro atoms. The van der Waals surface area contributed by atoms with Crippen molar-refractivity contribution in [3.8, 4) is 0 Å². The number of amides is 1. The van der Waals surface area contributed by atoms with Crippen LogP contribution in [0, 0.1) is 0 Å². The molecule has 4 nitrogen and oxygen atoms in total. The zero-order chi connectivity index (χ0) is 22.9. The van der Waals surface area contributed by atoms with Crippen LogP contribution in [-0.4, -0.2) is 19.0 Å². The van der Waals surface area contributed by atoms with Crippen molar-refractivity contribution in [3.05, 3.63) is 90.1 Å². The number of hydrogen-bond donors (Lipinski definition) is 2. The first-order valence-electron chi connectivity index (χ1n) is 11.8. The SMILES string of the molecule is NCCNC(=O)CCCCC[n+]1c(/C=C/c2cccc3ccccc23)ccc2ccccc21. The number of carbonyl (C=O) groups excluding carboxylic acids is 1. The maximum atomic E-state index is 11.8. The molecule has 0 fully saturated rings. The van der Waals surface area contributed by atoms with Gasteiger partial charge in [0.05, 0.1) is 0 Å². The molecule has 0 aliphatic rings. The molecule has 0 unspecified atom stereocenters. The van der Waals surface area contributed by atoms with E-state index in [4.69, 9.17) is 5.73 Å². The quantitative estimate of drug-likeness (QED) is 0.268. The molecule has 168 valence electrons. The molecule has 1 amide bonds. The van der Waals surface area contributed by atoms with Gasteiger partial charge in [0.2, 0.25) is 17.1 Å². The highest BCUT2D eigenvalue weighted by Crippen LogP contribution is 2.21. The van der Waals surface area contributed by atoms with Gasteiger partial charge in [-0.2, -0.15) is 4.57 Å². The van der Waals surface area contributed by atoms with Crippen molar-refractivity contribution in [1.82, 2.24) is 5.32 Å². The van der Waals surface area contributed by atoms with Crippen molar-refractivity contribution in [1.29, 1.82) is 0 Å². The number of unbranched alkanes of at least 4 members (excludes halogenated alkanes) is 2. The van der Waals surface area contributed by atoms with E-state index in [9.17, 15) is 4.79 Å². The summed E-state index contributed by atoms with van der Waals surface area (Å²) in [5.74, 6) is 0.0944. The van der Waals surface area contributed by atoms with Crippen LogP contribution in [0.25, 0.3) is 33.8 Å². The average molecular weight is 439 g/mol. The van der Waals surface area contributed by atoms with Gasteiger partial charge in [0.1, 0.15) is 6.54 Å². The number of pyridine rings is 1. The number of nitrogens with two attached hydrogens (primary N) is 1. The summed E-state index contributed by atoms with van der Waals surface area (Å²) >= 11 is 0. The summed E-state index contributed by atoms with van der Waals surface area (Å²) in [4.78, 5) is 11.8. The number of nitrogens with zero attached hydrogens (tertiary/aromatic N) is 1. The van der Waals surface area contributed by atoms with E-state index in [1.54, 1.807) is 0 Å². The van der Waals surface area contributed by atoms with Gasteiger partial charge in [-0.15, -0.1) is 0 Å². The molecule has 0 saturated heterocycles. The summed E-state index contributed by atoms with van der Waals surface area (Å²) in [6.45, 7) is 1.95. The lowest BCUT2D eigenvalue weighted by molar-refractivity contribution is -0.673. The molecule has 1 heterocycles. The number of fused-ring (bicyclic) bond motifs is 2. The van der Waals surface area contributed by atoms with Crippen LogP contribution < -0.4 is 15.6 Å². The topological polar surface area (TPSA) is 59.0 Å². The zero-order valence-electron chi connectivity index (χ0n) is 19.0. The van der Waals surface area contributed by atoms with E-state index < -0.39 is 0 Å². The van der Waals surface area contributed by atoms with E-state index >= 15 is 0 Å². The van der Waals surface area contributed by atoms with Crippen LogP contribution in [0.4, 0.5) is 0 Å². The van der Waals surface area contributed by atoms with E-state index in [-0.39, 0.29) is 5.91 Å². The number of carbonyl (C=O) groups is 1. The van der Waals surface area contributed by atoms with E-state index in [0.717, 1.165) is 25.8 Å². The van der Waals surface area contributed by atoms with Crippen molar-refractivity contribution in [3.63, 3.8) is 0 Å². The van der Waals surface area contributed by atoms with Gasteiger partial charge in [-0.3, -0.25) is 4.79 Å². The molecule has 4 heteroatoms. The minimum absolute atomic E-state index is 0.0944. The second kappa shape index (κ2) is 11.4. The third kappa shape index (κ3) is 5.85. The Balaban J connectivity index is 1.52. The van der Waals surface area contributed by atoms with Crippen LogP contribution >= 0.6 is 0 Å². The van der Waals surface area contributed by atoms with Crippen LogP contribution in [0.5, 0.6) is 0 Å². The van der Waals surface area contributed by atoms with E-state index in [1.807, 2.05) is 0 Å². The maximum Gasteiger partial charge on any atom is 0.220 e. The third-order valence-electron chi connectivity index (χ3n) is 5.98. The highest BCUT2D eigenvalue weighted by atomic mass is 16.1. The van der Waals surface area contributed by atoms with Crippen molar-refractivity contribution in [2.24, 2.45) is 5.73 Å². The number of hydrogen-bond acceptors (Lipinski definition) is 2. The molecule has 33 heavy (non-hydrogen) atoms. The number of nitrogens with one attached hydrogen (secondary N) is 1. The van der Waals surface area contributed by atoms with Gasteiger partial charge in [-0.25, -0.2) is 0 Å². The Morgan fingerprint density at radius 1 is 0.818 bits per heavy atom. The lowest BCUT2D eigenvalue weighted by atomic mass is 10.0. The smallest absolute Gasteiger partial charge is 0.220 e. The summed E-state index contributed by atoms with van der Waals surface area (Å²) in [6.07, 6.45) is 7.92. The van der Waals surface area contributed by atoms with Crippen LogP contribution in [0.15, 0.2) is 78.9 Å². The fourth-order valence-electron chi connectivity index (χ4n) is 4.28. The summed E-state index contributed by atoms with van der Waals surface area (Å²) < 4.78 is 2.39. The van der Waals surface area contributed by atoms with Gasteiger partial charge in [0.15, 0.2) is 0 Å². The predicted octanol–water partition coefficient (Wildman–Crippen LogP) is 5.09.